The molecule has 0 radical (unpaired) electrons. The van der Waals surface area contributed by atoms with Crippen LogP contribution in [0.4, 0.5) is 0 Å². The lowest BCUT2D eigenvalue weighted by Gasteiger charge is -1.99. The summed E-state index contributed by atoms with van der Waals surface area (Å²) in [5.74, 6) is 1.24. The molecule has 23 heavy (non-hydrogen) atoms. The minimum atomic E-state index is -0.0988. The van der Waals surface area contributed by atoms with E-state index in [0.29, 0.717) is 17.1 Å². The maximum Gasteiger partial charge on any atom is 0.283 e. The highest BCUT2D eigenvalue weighted by Crippen LogP contribution is 2.26. The average molecular weight is 303 g/mol. The van der Waals surface area contributed by atoms with Crippen LogP contribution in [0.1, 0.15) is 12.2 Å². The van der Waals surface area contributed by atoms with Crippen molar-refractivity contribution in [1.29, 1.82) is 0 Å². The summed E-state index contributed by atoms with van der Waals surface area (Å²) in [5, 5.41) is 2.27. The Bertz CT molecular complexity index is 1120. The Morgan fingerprint density at radius 2 is 1.91 bits per heavy atom. The zero-order valence-corrected chi connectivity index (χ0v) is 12.3. The molecular formula is C18H13N3O2. The second-order valence-corrected chi connectivity index (χ2v) is 5.82. The Hall–Kier alpha value is -2.95. The molecule has 4 aromatic rings. The maximum absolute atomic E-state index is 12.5. The van der Waals surface area contributed by atoms with Crippen molar-refractivity contribution in [3.8, 4) is 11.5 Å². The van der Waals surface area contributed by atoms with Crippen LogP contribution in [0.2, 0.25) is 0 Å². The number of benzene rings is 2. The Balaban J connectivity index is 1.73. The van der Waals surface area contributed by atoms with Gasteiger partial charge in [-0.2, -0.15) is 4.98 Å². The van der Waals surface area contributed by atoms with Crippen molar-refractivity contribution < 1.29 is 4.42 Å². The molecule has 1 aliphatic heterocycles. The fourth-order valence-corrected chi connectivity index (χ4v) is 3.21. The second kappa shape index (κ2) is 4.52. The Morgan fingerprint density at radius 1 is 1.04 bits per heavy atom. The predicted octanol–water partition coefficient (Wildman–Crippen LogP) is 3.15. The zero-order chi connectivity index (χ0) is 15.4. The van der Waals surface area contributed by atoms with Crippen LogP contribution in [0.5, 0.6) is 0 Å². The molecule has 0 unspecified atom stereocenters. The highest BCUT2D eigenvalue weighted by atomic mass is 16.4. The number of aryl methyl sites for hydroxylation is 1. The summed E-state index contributed by atoms with van der Waals surface area (Å²) in [5.41, 5.74) is 1.41. The van der Waals surface area contributed by atoms with Gasteiger partial charge in [0, 0.05) is 18.5 Å². The van der Waals surface area contributed by atoms with Gasteiger partial charge < -0.3 is 4.42 Å². The van der Waals surface area contributed by atoms with Gasteiger partial charge in [-0.3, -0.25) is 9.36 Å². The summed E-state index contributed by atoms with van der Waals surface area (Å²) < 4.78 is 7.48. The number of rotatable bonds is 1. The van der Waals surface area contributed by atoms with Crippen molar-refractivity contribution in [2.75, 3.05) is 0 Å². The minimum absolute atomic E-state index is 0.0988. The predicted molar refractivity (Wildman–Crippen MR) is 87.3 cm³/mol. The van der Waals surface area contributed by atoms with Crippen LogP contribution in [0.3, 0.4) is 0 Å². The molecule has 0 spiro atoms. The van der Waals surface area contributed by atoms with Gasteiger partial charge in [0.1, 0.15) is 5.82 Å². The number of aromatic nitrogens is 3. The number of hydrogen-bond acceptors (Lipinski definition) is 4. The van der Waals surface area contributed by atoms with E-state index in [1.807, 2.05) is 36.4 Å². The first-order valence-corrected chi connectivity index (χ1v) is 7.69. The van der Waals surface area contributed by atoms with E-state index in [0.717, 1.165) is 41.5 Å². The van der Waals surface area contributed by atoms with Crippen molar-refractivity contribution in [3.63, 3.8) is 0 Å². The van der Waals surface area contributed by atoms with Crippen molar-refractivity contribution in [1.82, 2.24) is 14.5 Å². The van der Waals surface area contributed by atoms with E-state index in [2.05, 4.69) is 16.0 Å². The van der Waals surface area contributed by atoms with Crippen LogP contribution >= 0.6 is 0 Å². The largest absolute Gasteiger partial charge is 0.417 e. The number of fused-ring (bicyclic) bond motifs is 3. The molecule has 5 heteroatoms. The van der Waals surface area contributed by atoms with Gasteiger partial charge in [0.2, 0.25) is 5.89 Å². The van der Waals surface area contributed by atoms with Gasteiger partial charge in [0.05, 0.1) is 0 Å². The molecule has 0 atom stereocenters. The molecule has 5 rings (SSSR count). The zero-order valence-electron chi connectivity index (χ0n) is 12.3. The number of nitrogens with zero attached hydrogens (tertiary/aromatic N) is 3. The molecule has 5 nitrogen and oxygen atoms in total. The summed E-state index contributed by atoms with van der Waals surface area (Å²) in [7, 11) is 0. The van der Waals surface area contributed by atoms with Crippen molar-refractivity contribution >= 4 is 22.0 Å². The van der Waals surface area contributed by atoms with E-state index >= 15 is 0 Å². The molecule has 1 aliphatic rings. The quantitative estimate of drug-likeness (QED) is 0.542. The lowest BCUT2D eigenvalue weighted by atomic mass is 10.1. The first-order chi connectivity index (χ1) is 11.3. The molecule has 3 heterocycles. The molecule has 0 aliphatic carbocycles. The van der Waals surface area contributed by atoms with Crippen LogP contribution in [-0.4, -0.2) is 14.5 Å². The highest BCUT2D eigenvalue weighted by molar-refractivity contribution is 5.86. The average Bonchev–Trinajstić information content (AvgIpc) is 3.21. The second-order valence-electron chi connectivity index (χ2n) is 5.82. The van der Waals surface area contributed by atoms with E-state index in [1.165, 1.54) is 0 Å². The third kappa shape index (κ3) is 1.83. The Kier molecular flexibility index (Phi) is 2.47. The molecule has 0 saturated carbocycles. The van der Waals surface area contributed by atoms with Crippen LogP contribution in [0, 0.1) is 0 Å². The summed E-state index contributed by atoms with van der Waals surface area (Å²) >= 11 is 0. The summed E-state index contributed by atoms with van der Waals surface area (Å²) in [6.07, 6.45) is 1.77. The van der Waals surface area contributed by atoms with Gasteiger partial charge in [-0.05, 0) is 29.3 Å². The van der Waals surface area contributed by atoms with Crippen molar-refractivity contribution in [2.45, 2.75) is 19.4 Å². The third-order valence-corrected chi connectivity index (χ3v) is 4.38. The molecule has 0 fully saturated rings. The fraction of sp³-hybridized carbons (Fsp3) is 0.167. The summed E-state index contributed by atoms with van der Waals surface area (Å²) in [6.45, 7) is 0.718. The van der Waals surface area contributed by atoms with Crippen LogP contribution in [0.15, 0.2) is 51.7 Å². The molecule has 0 amide bonds. The first-order valence-electron chi connectivity index (χ1n) is 7.69. The molecule has 112 valence electrons. The standard InChI is InChI=1S/C18H13N3O2/c22-18-15-17(19-14-6-3-9-21(14)18)23-16(20-15)13-8-7-11-4-1-2-5-12(11)10-13/h1-2,4-5,7-8,10H,3,6,9H2. The third-order valence-electron chi connectivity index (χ3n) is 4.38. The van der Waals surface area contributed by atoms with Crippen LogP contribution in [0.25, 0.3) is 33.5 Å². The highest BCUT2D eigenvalue weighted by Gasteiger charge is 2.20. The maximum atomic E-state index is 12.5. The lowest BCUT2D eigenvalue weighted by Crippen LogP contribution is -2.20. The number of hydrogen-bond donors (Lipinski definition) is 0. The van der Waals surface area contributed by atoms with Crippen LogP contribution in [-0.2, 0) is 13.0 Å². The van der Waals surface area contributed by atoms with Crippen molar-refractivity contribution in [2.24, 2.45) is 0 Å². The first kappa shape index (κ1) is 12.6. The van der Waals surface area contributed by atoms with E-state index in [9.17, 15) is 4.79 Å². The molecular weight excluding hydrogens is 290 g/mol. The van der Waals surface area contributed by atoms with E-state index < -0.39 is 0 Å². The Morgan fingerprint density at radius 3 is 2.83 bits per heavy atom. The van der Waals surface area contributed by atoms with Gasteiger partial charge in [0.25, 0.3) is 11.3 Å². The number of oxazole rings is 1. The monoisotopic (exact) mass is 303 g/mol. The van der Waals surface area contributed by atoms with Crippen LogP contribution < -0.4 is 5.56 Å². The van der Waals surface area contributed by atoms with Crippen molar-refractivity contribution in [3.05, 3.63) is 58.6 Å². The minimum Gasteiger partial charge on any atom is -0.417 e. The summed E-state index contributed by atoms with van der Waals surface area (Å²) in [4.78, 5) is 21.3. The van der Waals surface area contributed by atoms with Gasteiger partial charge in [-0.15, -0.1) is 0 Å². The van der Waals surface area contributed by atoms with E-state index in [4.69, 9.17) is 4.42 Å². The fourth-order valence-electron chi connectivity index (χ4n) is 3.21. The molecule has 2 aromatic carbocycles. The lowest BCUT2D eigenvalue weighted by molar-refractivity contribution is 0.602. The van der Waals surface area contributed by atoms with E-state index in [-0.39, 0.29) is 5.56 Å². The normalized spacial score (nSPS) is 13.7. The SMILES string of the molecule is O=c1c2nc(-c3ccc4ccccc4c3)oc2nc2n1CCC2. The molecule has 2 aromatic heterocycles. The van der Waals surface area contributed by atoms with Gasteiger partial charge >= 0.3 is 0 Å². The van der Waals surface area contributed by atoms with Gasteiger partial charge in [-0.1, -0.05) is 30.3 Å². The van der Waals surface area contributed by atoms with E-state index in [1.54, 1.807) is 4.57 Å². The van der Waals surface area contributed by atoms with Gasteiger partial charge in [0.15, 0.2) is 5.52 Å². The molecule has 0 saturated heterocycles. The van der Waals surface area contributed by atoms with Gasteiger partial charge in [-0.25, -0.2) is 4.98 Å². The smallest absolute Gasteiger partial charge is 0.283 e. The molecule has 0 bridgehead atoms. The Labute approximate surface area is 131 Å². The molecule has 0 N–H and O–H groups in total. The topological polar surface area (TPSA) is 60.9 Å². The summed E-state index contributed by atoms with van der Waals surface area (Å²) in [6, 6.07) is 14.1.